The number of carbonyl (C=O) groups is 1. The summed E-state index contributed by atoms with van der Waals surface area (Å²) in [5.74, 6) is -0.234. The highest BCUT2D eigenvalue weighted by molar-refractivity contribution is 5.72. The maximum Gasteiger partial charge on any atom is 0.416 e. The fourth-order valence-corrected chi connectivity index (χ4v) is 0.854. The number of halogens is 3. The lowest BCUT2D eigenvalue weighted by atomic mass is 10.2. The van der Waals surface area contributed by atoms with Crippen molar-refractivity contribution in [2.75, 3.05) is 7.11 Å². The van der Waals surface area contributed by atoms with Crippen LogP contribution < -0.4 is 4.74 Å². The molecule has 0 aliphatic heterocycles. The van der Waals surface area contributed by atoms with Gasteiger partial charge in [0.25, 0.3) is 0 Å². The molecule has 3 nitrogen and oxygen atoms in total. The fraction of sp³-hybridized carbons (Fsp3) is 0.250. The van der Waals surface area contributed by atoms with Crippen LogP contribution in [0.1, 0.15) is 16.1 Å². The van der Waals surface area contributed by atoms with Gasteiger partial charge in [-0.1, -0.05) is 0 Å². The van der Waals surface area contributed by atoms with Crippen LogP contribution in [0.5, 0.6) is 5.88 Å². The smallest absolute Gasteiger partial charge is 0.416 e. The first-order valence-electron chi connectivity index (χ1n) is 3.56. The lowest BCUT2D eigenvalue weighted by molar-refractivity contribution is -0.137. The third kappa shape index (κ3) is 2.21. The Kier molecular flexibility index (Phi) is 2.73. The Bertz CT molecular complexity index is 349. The van der Waals surface area contributed by atoms with E-state index >= 15 is 0 Å². The molecular weight excluding hydrogens is 199 g/mol. The molecule has 1 rings (SSSR count). The minimum Gasteiger partial charge on any atom is -0.481 e. The SMILES string of the molecule is COc1cc(C(F)(F)F)cc(C=O)n1. The first-order chi connectivity index (χ1) is 6.47. The van der Waals surface area contributed by atoms with Gasteiger partial charge in [-0.25, -0.2) is 4.98 Å². The molecule has 0 aliphatic carbocycles. The summed E-state index contributed by atoms with van der Waals surface area (Å²) in [5, 5.41) is 0. The number of ether oxygens (including phenoxy) is 1. The Morgan fingerprint density at radius 3 is 2.50 bits per heavy atom. The van der Waals surface area contributed by atoms with Crippen molar-refractivity contribution in [3.8, 4) is 5.88 Å². The molecule has 0 fully saturated rings. The zero-order chi connectivity index (χ0) is 10.8. The summed E-state index contributed by atoms with van der Waals surface area (Å²) in [6.07, 6.45) is -4.27. The van der Waals surface area contributed by atoms with E-state index in [9.17, 15) is 18.0 Å². The second kappa shape index (κ2) is 3.65. The quantitative estimate of drug-likeness (QED) is 0.692. The predicted octanol–water partition coefficient (Wildman–Crippen LogP) is 1.92. The van der Waals surface area contributed by atoms with Crippen LogP contribution in [0.4, 0.5) is 13.2 Å². The zero-order valence-electron chi connectivity index (χ0n) is 7.13. The van der Waals surface area contributed by atoms with Gasteiger partial charge in [-0.3, -0.25) is 4.79 Å². The van der Waals surface area contributed by atoms with Crippen LogP contribution in [0, 0.1) is 0 Å². The summed E-state index contributed by atoms with van der Waals surface area (Å²) in [5.41, 5.74) is -1.26. The van der Waals surface area contributed by atoms with E-state index in [2.05, 4.69) is 9.72 Å². The molecule has 0 saturated carbocycles. The van der Waals surface area contributed by atoms with Gasteiger partial charge in [-0.05, 0) is 6.07 Å². The number of aromatic nitrogens is 1. The highest BCUT2D eigenvalue weighted by atomic mass is 19.4. The molecule has 0 aromatic carbocycles. The van der Waals surface area contributed by atoms with Crippen LogP contribution in [0.15, 0.2) is 12.1 Å². The molecule has 6 heteroatoms. The summed E-state index contributed by atoms with van der Waals surface area (Å²) >= 11 is 0. The molecule has 1 aromatic rings. The van der Waals surface area contributed by atoms with E-state index in [1.807, 2.05) is 0 Å². The Labute approximate surface area is 77.5 Å². The van der Waals surface area contributed by atoms with Crippen molar-refractivity contribution in [1.29, 1.82) is 0 Å². The molecule has 14 heavy (non-hydrogen) atoms. The molecule has 0 atom stereocenters. The van der Waals surface area contributed by atoms with Gasteiger partial charge in [0.05, 0.1) is 12.7 Å². The molecule has 0 radical (unpaired) electrons. The number of methoxy groups -OCH3 is 1. The van der Waals surface area contributed by atoms with E-state index in [1.165, 1.54) is 7.11 Å². The van der Waals surface area contributed by atoms with Crippen LogP contribution in [0.3, 0.4) is 0 Å². The first kappa shape index (κ1) is 10.5. The van der Waals surface area contributed by atoms with Gasteiger partial charge < -0.3 is 4.74 Å². The number of rotatable bonds is 2. The van der Waals surface area contributed by atoms with Crippen molar-refractivity contribution in [2.24, 2.45) is 0 Å². The molecule has 0 N–H and O–H groups in total. The first-order valence-corrected chi connectivity index (χ1v) is 3.56. The van der Waals surface area contributed by atoms with E-state index in [4.69, 9.17) is 0 Å². The molecule has 0 bridgehead atoms. The highest BCUT2D eigenvalue weighted by Gasteiger charge is 2.31. The van der Waals surface area contributed by atoms with Crippen LogP contribution in [-0.4, -0.2) is 18.4 Å². The van der Waals surface area contributed by atoms with Crippen LogP contribution in [0.25, 0.3) is 0 Å². The van der Waals surface area contributed by atoms with Crippen molar-refractivity contribution in [3.63, 3.8) is 0 Å². The van der Waals surface area contributed by atoms with Gasteiger partial charge in [-0.15, -0.1) is 0 Å². The molecule has 1 aromatic heterocycles. The number of alkyl halides is 3. The van der Waals surface area contributed by atoms with Gasteiger partial charge in [0.2, 0.25) is 5.88 Å². The number of nitrogens with zero attached hydrogens (tertiary/aromatic N) is 1. The third-order valence-corrected chi connectivity index (χ3v) is 1.48. The van der Waals surface area contributed by atoms with Crippen molar-refractivity contribution >= 4 is 6.29 Å². The van der Waals surface area contributed by atoms with E-state index in [1.54, 1.807) is 0 Å². The normalized spacial score (nSPS) is 11.1. The van der Waals surface area contributed by atoms with E-state index in [0.29, 0.717) is 6.07 Å². The van der Waals surface area contributed by atoms with E-state index in [-0.39, 0.29) is 17.9 Å². The van der Waals surface area contributed by atoms with Crippen LogP contribution >= 0.6 is 0 Å². The standard InChI is InChI=1S/C8H6F3NO2/c1-14-7-3-5(8(9,10)11)2-6(4-13)12-7/h2-4H,1H3. The molecule has 76 valence electrons. The minimum absolute atomic E-state index is 0.234. The zero-order valence-corrected chi connectivity index (χ0v) is 7.13. The minimum atomic E-state index is -4.51. The molecule has 1 heterocycles. The topological polar surface area (TPSA) is 39.2 Å². The second-order valence-electron chi connectivity index (χ2n) is 2.44. The predicted molar refractivity (Wildman–Crippen MR) is 41.2 cm³/mol. The van der Waals surface area contributed by atoms with Crippen LogP contribution in [-0.2, 0) is 6.18 Å². The second-order valence-corrected chi connectivity index (χ2v) is 2.44. The molecule has 0 amide bonds. The lowest BCUT2D eigenvalue weighted by Gasteiger charge is -2.08. The Morgan fingerprint density at radius 2 is 2.07 bits per heavy atom. The molecule has 0 saturated heterocycles. The summed E-state index contributed by atoms with van der Waals surface area (Å²) < 4.78 is 41.2. The summed E-state index contributed by atoms with van der Waals surface area (Å²) in [6, 6.07) is 1.39. The number of hydrogen-bond acceptors (Lipinski definition) is 3. The van der Waals surface area contributed by atoms with Gasteiger partial charge in [0, 0.05) is 6.07 Å². The summed E-state index contributed by atoms with van der Waals surface area (Å²) in [7, 11) is 1.18. The van der Waals surface area contributed by atoms with Gasteiger partial charge >= 0.3 is 6.18 Å². The van der Waals surface area contributed by atoms with Crippen molar-refractivity contribution in [1.82, 2.24) is 4.98 Å². The molecular formula is C8H6F3NO2. The van der Waals surface area contributed by atoms with Crippen molar-refractivity contribution in [3.05, 3.63) is 23.4 Å². The number of aldehydes is 1. The van der Waals surface area contributed by atoms with Gasteiger partial charge in [0.15, 0.2) is 6.29 Å². The monoisotopic (exact) mass is 205 g/mol. The molecule has 0 aliphatic rings. The Morgan fingerprint density at radius 1 is 1.43 bits per heavy atom. The number of pyridine rings is 1. The van der Waals surface area contributed by atoms with Crippen molar-refractivity contribution < 1.29 is 22.7 Å². The average molecular weight is 205 g/mol. The molecule has 0 unspecified atom stereocenters. The van der Waals surface area contributed by atoms with E-state index < -0.39 is 11.7 Å². The lowest BCUT2D eigenvalue weighted by Crippen LogP contribution is -2.07. The maximum atomic E-state index is 12.2. The van der Waals surface area contributed by atoms with Gasteiger partial charge in [-0.2, -0.15) is 13.2 Å². The molecule has 0 spiro atoms. The summed E-state index contributed by atoms with van der Waals surface area (Å²) in [4.78, 5) is 13.8. The fourth-order valence-electron chi connectivity index (χ4n) is 0.854. The number of carbonyl (C=O) groups excluding carboxylic acids is 1. The van der Waals surface area contributed by atoms with Gasteiger partial charge in [0.1, 0.15) is 5.69 Å². The number of hydrogen-bond donors (Lipinski definition) is 0. The van der Waals surface area contributed by atoms with E-state index in [0.717, 1.165) is 6.07 Å². The van der Waals surface area contributed by atoms with Crippen molar-refractivity contribution in [2.45, 2.75) is 6.18 Å². The Balaban J connectivity index is 3.24. The average Bonchev–Trinajstić information content (AvgIpc) is 2.15. The van der Waals surface area contributed by atoms with Crippen LogP contribution in [0.2, 0.25) is 0 Å². The summed E-state index contributed by atoms with van der Waals surface area (Å²) in [6.45, 7) is 0. The maximum absolute atomic E-state index is 12.2. The Hall–Kier alpha value is -1.59. The third-order valence-electron chi connectivity index (χ3n) is 1.48. The largest absolute Gasteiger partial charge is 0.481 e. The highest BCUT2D eigenvalue weighted by Crippen LogP contribution is 2.31.